The molecule has 0 saturated heterocycles. The van der Waals surface area contributed by atoms with Gasteiger partial charge >= 0.3 is 5.97 Å². The molecule has 0 aromatic rings. The minimum atomic E-state index is -0.795. The third-order valence-electron chi connectivity index (χ3n) is 13.0. The van der Waals surface area contributed by atoms with Crippen molar-refractivity contribution in [1.82, 2.24) is 5.32 Å². The highest BCUT2D eigenvalue weighted by Crippen LogP contribution is 2.18. The molecule has 0 fully saturated rings. The van der Waals surface area contributed by atoms with Gasteiger partial charge in [0.2, 0.25) is 5.91 Å². The molecular weight excluding hydrogens is 791 g/mol. The van der Waals surface area contributed by atoms with Gasteiger partial charge in [-0.25, -0.2) is 0 Å². The predicted octanol–water partition coefficient (Wildman–Crippen LogP) is 17.2. The normalized spacial score (nSPS) is 13.4. The van der Waals surface area contributed by atoms with Gasteiger partial charge < -0.3 is 20.3 Å². The molecule has 0 aliphatic carbocycles. The Bertz CT molecular complexity index is 1060. The number of unbranched alkanes of at least 4 members (excludes halogenated alkanes) is 33. The van der Waals surface area contributed by atoms with Gasteiger partial charge in [0.15, 0.2) is 0 Å². The molecule has 64 heavy (non-hydrogen) atoms. The van der Waals surface area contributed by atoms with Crippen molar-refractivity contribution in [2.75, 3.05) is 6.61 Å². The maximum atomic E-state index is 13.2. The lowest BCUT2D eigenvalue weighted by Gasteiger charge is -2.24. The van der Waals surface area contributed by atoms with Gasteiger partial charge in [-0.3, -0.25) is 9.59 Å². The van der Waals surface area contributed by atoms with Gasteiger partial charge in [0.25, 0.3) is 0 Å². The fraction of sp³-hybridized carbons (Fsp3) is 0.862. The first-order chi connectivity index (χ1) is 31.5. The van der Waals surface area contributed by atoms with Crippen molar-refractivity contribution >= 4 is 11.9 Å². The van der Waals surface area contributed by atoms with Gasteiger partial charge in [-0.2, -0.15) is 0 Å². The van der Waals surface area contributed by atoms with Crippen LogP contribution in [0.1, 0.15) is 297 Å². The Morgan fingerprint density at radius 2 is 0.844 bits per heavy atom. The maximum Gasteiger partial charge on any atom is 0.306 e. The molecule has 0 radical (unpaired) electrons. The fourth-order valence-corrected chi connectivity index (χ4v) is 8.74. The lowest BCUT2D eigenvalue weighted by Crippen LogP contribution is -2.46. The standard InChI is InChI=1S/C58H109NO5/c1-4-7-10-13-16-19-22-25-27-28-29-31-33-36-39-42-45-48-51-58(63)64-54(49-46-43-40-37-34-24-21-18-15-12-9-6-3)52-57(62)59-55(53-60)56(61)50-47-44-41-38-35-32-30-26-23-20-17-14-11-8-5-2/h9,12,18,21,34,37,54-56,60-61H,4-8,10-11,13-17,19-20,22-33,35-36,38-53H2,1-3H3,(H,59,62)/b12-9+,21-18+,37-34+. The molecule has 0 aliphatic rings. The lowest BCUT2D eigenvalue weighted by atomic mass is 10.0. The number of rotatable bonds is 51. The van der Waals surface area contributed by atoms with E-state index < -0.39 is 18.2 Å². The van der Waals surface area contributed by atoms with Gasteiger partial charge in [-0.15, -0.1) is 0 Å². The van der Waals surface area contributed by atoms with Crippen molar-refractivity contribution in [2.45, 2.75) is 315 Å². The molecule has 3 unspecified atom stereocenters. The minimum absolute atomic E-state index is 0.0557. The monoisotopic (exact) mass is 900 g/mol. The summed E-state index contributed by atoms with van der Waals surface area (Å²) in [7, 11) is 0. The van der Waals surface area contributed by atoms with E-state index in [1.165, 1.54) is 173 Å². The first-order valence-electron chi connectivity index (χ1n) is 28.2. The van der Waals surface area contributed by atoms with Crippen LogP contribution in [0.15, 0.2) is 36.5 Å². The highest BCUT2D eigenvalue weighted by Gasteiger charge is 2.24. The summed E-state index contributed by atoms with van der Waals surface area (Å²) in [5, 5.41) is 23.8. The third-order valence-corrected chi connectivity index (χ3v) is 13.0. The highest BCUT2D eigenvalue weighted by atomic mass is 16.5. The topological polar surface area (TPSA) is 95.9 Å². The summed E-state index contributed by atoms with van der Waals surface area (Å²) in [4.78, 5) is 26.2. The van der Waals surface area contributed by atoms with Crippen molar-refractivity contribution < 1.29 is 24.5 Å². The molecule has 0 saturated carbocycles. The number of carbonyl (C=O) groups excluding carboxylic acids is 2. The van der Waals surface area contributed by atoms with Crippen LogP contribution in [0.5, 0.6) is 0 Å². The first kappa shape index (κ1) is 62.1. The second-order valence-corrected chi connectivity index (χ2v) is 19.3. The number of allylic oxidation sites excluding steroid dienone is 6. The number of esters is 1. The molecule has 1 amide bonds. The zero-order valence-electron chi connectivity index (χ0n) is 42.9. The zero-order chi connectivity index (χ0) is 46.7. The van der Waals surface area contributed by atoms with E-state index in [-0.39, 0.29) is 24.9 Å². The largest absolute Gasteiger partial charge is 0.462 e. The Balaban J connectivity index is 4.49. The smallest absolute Gasteiger partial charge is 0.306 e. The van der Waals surface area contributed by atoms with Gasteiger partial charge in [-0.1, -0.05) is 263 Å². The Morgan fingerprint density at radius 1 is 0.469 bits per heavy atom. The van der Waals surface area contributed by atoms with Gasteiger partial charge in [0, 0.05) is 6.42 Å². The molecule has 6 heteroatoms. The van der Waals surface area contributed by atoms with Crippen molar-refractivity contribution in [2.24, 2.45) is 0 Å². The van der Waals surface area contributed by atoms with Crippen LogP contribution in [-0.2, 0) is 14.3 Å². The second-order valence-electron chi connectivity index (χ2n) is 19.3. The number of amides is 1. The summed E-state index contributed by atoms with van der Waals surface area (Å²) in [6, 6.07) is -0.711. The molecule has 0 rings (SSSR count). The summed E-state index contributed by atoms with van der Waals surface area (Å²) < 4.78 is 5.93. The minimum Gasteiger partial charge on any atom is -0.462 e. The average Bonchev–Trinajstić information content (AvgIpc) is 3.29. The van der Waals surface area contributed by atoms with E-state index in [0.717, 1.165) is 77.0 Å². The van der Waals surface area contributed by atoms with Crippen molar-refractivity contribution in [3.05, 3.63) is 36.5 Å². The van der Waals surface area contributed by atoms with Crippen LogP contribution in [-0.4, -0.2) is 46.9 Å². The molecule has 0 aliphatic heterocycles. The number of aliphatic hydroxyl groups excluding tert-OH is 2. The first-order valence-corrected chi connectivity index (χ1v) is 28.2. The van der Waals surface area contributed by atoms with E-state index in [2.05, 4.69) is 62.5 Å². The number of ether oxygens (including phenoxy) is 1. The van der Waals surface area contributed by atoms with Crippen LogP contribution in [0, 0.1) is 0 Å². The molecule has 0 bridgehead atoms. The van der Waals surface area contributed by atoms with E-state index >= 15 is 0 Å². The molecule has 0 spiro atoms. The van der Waals surface area contributed by atoms with Crippen LogP contribution < -0.4 is 5.32 Å². The Kier molecular flexibility index (Phi) is 50.5. The van der Waals surface area contributed by atoms with Crippen LogP contribution in [0.4, 0.5) is 0 Å². The molecule has 0 heterocycles. The van der Waals surface area contributed by atoms with E-state index in [4.69, 9.17) is 4.74 Å². The molecule has 6 nitrogen and oxygen atoms in total. The molecule has 376 valence electrons. The molecule has 0 aromatic carbocycles. The Hall–Kier alpha value is -1.92. The average molecular weight is 901 g/mol. The van der Waals surface area contributed by atoms with Gasteiger partial charge in [-0.05, 0) is 57.8 Å². The summed E-state index contributed by atoms with van der Waals surface area (Å²) in [6.45, 7) is 6.39. The highest BCUT2D eigenvalue weighted by molar-refractivity contribution is 5.77. The number of carbonyl (C=O) groups is 2. The number of aliphatic hydroxyl groups is 2. The van der Waals surface area contributed by atoms with Crippen molar-refractivity contribution in [3.8, 4) is 0 Å². The predicted molar refractivity (Wildman–Crippen MR) is 278 cm³/mol. The van der Waals surface area contributed by atoms with Crippen LogP contribution >= 0.6 is 0 Å². The van der Waals surface area contributed by atoms with E-state index in [1.807, 2.05) is 0 Å². The molecule has 3 atom stereocenters. The lowest BCUT2D eigenvalue weighted by molar-refractivity contribution is -0.151. The summed E-state index contributed by atoms with van der Waals surface area (Å²) >= 11 is 0. The third kappa shape index (κ3) is 46.6. The Morgan fingerprint density at radius 3 is 1.27 bits per heavy atom. The summed E-state index contributed by atoms with van der Waals surface area (Å²) in [5.74, 6) is -0.498. The SMILES string of the molecule is CC/C=C/C/C=C/C/C=C/CCCCC(CC(=O)NC(CO)C(O)CCCCCCCCCCCCCCCCC)OC(=O)CCCCCCCCCCCCCCCCCCCC. The van der Waals surface area contributed by atoms with Crippen LogP contribution in [0.3, 0.4) is 0 Å². The Labute approximate surface area is 398 Å². The van der Waals surface area contributed by atoms with Gasteiger partial charge in [0.05, 0.1) is 25.2 Å². The van der Waals surface area contributed by atoms with Crippen molar-refractivity contribution in [3.63, 3.8) is 0 Å². The zero-order valence-corrected chi connectivity index (χ0v) is 42.9. The van der Waals surface area contributed by atoms with E-state index in [0.29, 0.717) is 19.3 Å². The number of hydrogen-bond donors (Lipinski definition) is 3. The molecule has 0 aromatic heterocycles. The number of nitrogens with one attached hydrogen (secondary N) is 1. The maximum absolute atomic E-state index is 13.2. The number of hydrogen-bond acceptors (Lipinski definition) is 5. The van der Waals surface area contributed by atoms with Gasteiger partial charge in [0.1, 0.15) is 6.10 Å². The van der Waals surface area contributed by atoms with E-state index in [9.17, 15) is 19.8 Å². The molecular formula is C58H109NO5. The van der Waals surface area contributed by atoms with Crippen LogP contribution in [0.2, 0.25) is 0 Å². The second kappa shape index (κ2) is 52.1. The summed E-state index contributed by atoms with van der Waals surface area (Å²) in [6.07, 6.45) is 62.2. The van der Waals surface area contributed by atoms with E-state index in [1.54, 1.807) is 0 Å². The van der Waals surface area contributed by atoms with Crippen LogP contribution in [0.25, 0.3) is 0 Å². The quantitative estimate of drug-likeness (QED) is 0.0321. The summed E-state index contributed by atoms with van der Waals surface area (Å²) in [5.41, 5.74) is 0. The fourth-order valence-electron chi connectivity index (χ4n) is 8.74. The molecule has 3 N–H and O–H groups in total. The van der Waals surface area contributed by atoms with Crippen molar-refractivity contribution in [1.29, 1.82) is 0 Å².